The van der Waals surface area contributed by atoms with Crippen LogP contribution in [0.5, 0.6) is 5.75 Å². The highest BCUT2D eigenvalue weighted by Crippen LogP contribution is 2.23. The first-order valence-corrected chi connectivity index (χ1v) is 10.1. The fraction of sp³-hybridized carbons (Fsp3) is 0.316. The van der Waals surface area contributed by atoms with Crippen molar-refractivity contribution in [2.24, 2.45) is 14.1 Å². The number of ether oxygens (including phenoxy) is 1. The standard InChI is InChI=1S/C19H23N3O4S/c1-5-26-15-8-6-7-14(11-15)13(2)20-27(24,25)16-9-10-17-18(12-16)22(4)19(23)21(17)3/h6-13,20H,5H2,1-4H3/t13-/m1/s1. The number of hydrogen-bond donors (Lipinski definition) is 1. The van der Waals surface area contributed by atoms with Crippen LogP contribution in [0, 0.1) is 0 Å². The van der Waals surface area contributed by atoms with Crippen molar-refractivity contribution in [3.05, 3.63) is 58.5 Å². The zero-order chi connectivity index (χ0) is 19.8. The molecule has 3 aromatic rings. The molecular formula is C19H23N3O4S. The minimum atomic E-state index is -3.76. The molecule has 0 saturated carbocycles. The van der Waals surface area contributed by atoms with Gasteiger partial charge >= 0.3 is 5.69 Å². The molecule has 0 aliphatic heterocycles. The molecule has 0 aliphatic rings. The van der Waals surface area contributed by atoms with E-state index >= 15 is 0 Å². The van der Waals surface area contributed by atoms with Crippen LogP contribution in [0.1, 0.15) is 25.5 Å². The molecule has 0 radical (unpaired) electrons. The summed E-state index contributed by atoms with van der Waals surface area (Å²) in [6, 6.07) is 11.6. The van der Waals surface area contributed by atoms with Gasteiger partial charge in [0.25, 0.3) is 0 Å². The van der Waals surface area contributed by atoms with Crippen LogP contribution in [-0.4, -0.2) is 24.2 Å². The third-order valence-electron chi connectivity index (χ3n) is 4.55. The smallest absolute Gasteiger partial charge is 0.328 e. The van der Waals surface area contributed by atoms with Crippen molar-refractivity contribution in [2.45, 2.75) is 24.8 Å². The van der Waals surface area contributed by atoms with E-state index in [1.807, 2.05) is 31.2 Å². The molecule has 1 aromatic heterocycles. The summed E-state index contributed by atoms with van der Waals surface area (Å²) >= 11 is 0. The van der Waals surface area contributed by atoms with E-state index in [1.165, 1.54) is 21.3 Å². The van der Waals surface area contributed by atoms with Gasteiger partial charge in [-0.3, -0.25) is 9.13 Å². The topological polar surface area (TPSA) is 82.3 Å². The normalized spacial score (nSPS) is 13.0. The Kier molecular flexibility index (Phi) is 5.12. The molecule has 0 fully saturated rings. The maximum atomic E-state index is 12.8. The Bertz CT molecular complexity index is 1150. The molecule has 0 saturated heterocycles. The number of aryl methyl sites for hydroxylation is 2. The van der Waals surface area contributed by atoms with Gasteiger partial charge in [-0.05, 0) is 49.7 Å². The summed E-state index contributed by atoms with van der Waals surface area (Å²) in [5, 5.41) is 0. The molecular weight excluding hydrogens is 366 g/mol. The molecule has 8 heteroatoms. The van der Waals surface area contributed by atoms with Crippen LogP contribution in [0.25, 0.3) is 11.0 Å². The molecule has 0 bridgehead atoms. The van der Waals surface area contributed by atoms with E-state index in [1.54, 1.807) is 27.1 Å². The lowest BCUT2D eigenvalue weighted by Gasteiger charge is -2.16. The average Bonchev–Trinajstić information content (AvgIpc) is 2.86. The van der Waals surface area contributed by atoms with Gasteiger partial charge in [-0.1, -0.05) is 12.1 Å². The highest BCUT2D eigenvalue weighted by Gasteiger charge is 2.20. The van der Waals surface area contributed by atoms with Crippen molar-refractivity contribution < 1.29 is 13.2 Å². The monoisotopic (exact) mass is 389 g/mol. The van der Waals surface area contributed by atoms with Crippen molar-refractivity contribution in [3.8, 4) is 5.75 Å². The van der Waals surface area contributed by atoms with Crippen molar-refractivity contribution in [1.82, 2.24) is 13.9 Å². The Labute approximate surface area is 158 Å². The Morgan fingerprint density at radius 3 is 2.48 bits per heavy atom. The Morgan fingerprint density at radius 1 is 1.07 bits per heavy atom. The highest BCUT2D eigenvalue weighted by molar-refractivity contribution is 7.89. The van der Waals surface area contributed by atoms with Crippen molar-refractivity contribution >= 4 is 21.1 Å². The van der Waals surface area contributed by atoms with E-state index in [9.17, 15) is 13.2 Å². The lowest BCUT2D eigenvalue weighted by atomic mass is 10.1. The first kappa shape index (κ1) is 19.2. The molecule has 144 valence electrons. The molecule has 0 spiro atoms. The van der Waals surface area contributed by atoms with E-state index in [4.69, 9.17) is 4.74 Å². The summed E-state index contributed by atoms with van der Waals surface area (Å²) in [6.45, 7) is 4.21. The number of sulfonamides is 1. The predicted octanol–water partition coefficient (Wildman–Crippen LogP) is 2.32. The summed E-state index contributed by atoms with van der Waals surface area (Å²) in [6.07, 6.45) is 0. The van der Waals surface area contributed by atoms with Crippen molar-refractivity contribution in [2.75, 3.05) is 6.61 Å². The first-order chi connectivity index (χ1) is 12.7. The SMILES string of the molecule is CCOc1cccc([C@@H](C)NS(=O)(=O)c2ccc3c(c2)n(C)c(=O)n3C)c1. The van der Waals surface area contributed by atoms with Gasteiger partial charge < -0.3 is 4.74 Å². The van der Waals surface area contributed by atoms with Gasteiger partial charge in [-0.15, -0.1) is 0 Å². The minimum Gasteiger partial charge on any atom is -0.494 e. The van der Waals surface area contributed by atoms with Crippen LogP contribution in [0.4, 0.5) is 0 Å². The number of aromatic nitrogens is 2. The number of nitrogens with one attached hydrogen (secondary N) is 1. The van der Waals surface area contributed by atoms with Crippen molar-refractivity contribution in [1.29, 1.82) is 0 Å². The largest absolute Gasteiger partial charge is 0.494 e. The lowest BCUT2D eigenvalue weighted by Crippen LogP contribution is -2.27. The third kappa shape index (κ3) is 3.63. The summed E-state index contributed by atoms with van der Waals surface area (Å²) in [7, 11) is -0.481. The lowest BCUT2D eigenvalue weighted by molar-refractivity contribution is 0.339. The highest BCUT2D eigenvalue weighted by atomic mass is 32.2. The van der Waals surface area contributed by atoms with E-state index < -0.39 is 16.1 Å². The maximum Gasteiger partial charge on any atom is 0.328 e. The van der Waals surface area contributed by atoms with E-state index in [0.717, 1.165) is 5.56 Å². The number of imidazole rings is 1. The van der Waals surface area contributed by atoms with E-state index in [-0.39, 0.29) is 10.6 Å². The number of fused-ring (bicyclic) bond motifs is 1. The van der Waals surface area contributed by atoms with Crippen LogP contribution in [-0.2, 0) is 24.1 Å². The Morgan fingerprint density at radius 2 is 1.78 bits per heavy atom. The van der Waals surface area contributed by atoms with Gasteiger partial charge in [-0.25, -0.2) is 17.9 Å². The first-order valence-electron chi connectivity index (χ1n) is 8.65. The van der Waals surface area contributed by atoms with Crippen LogP contribution in [0.2, 0.25) is 0 Å². The predicted molar refractivity (Wildman–Crippen MR) is 105 cm³/mol. The van der Waals surface area contributed by atoms with Crippen LogP contribution < -0.4 is 15.1 Å². The second-order valence-electron chi connectivity index (χ2n) is 6.40. The second-order valence-corrected chi connectivity index (χ2v) is 8.11. The third-order valence-corrected chi connectivity index (χ3v) is 6.09. The molecule has 0 unspecified atom stereocenters. The number of benzene rings is 2. The van der Waals surface area contributed by atoms with Gasteiger partial charge in [-0.2, -0.15) is 0 Å². The molecule has 1 heterocycles. The van der Waals surface area contributed by atoms with Gasteiger partial charge in [0.2, 0.25) is 10.0 Å². The number of nitrogens with zero attached hydrogens (tertiary/aromatic N) is 2. The van der Waals surface area contributed by atoms with Crippen LogP contribution >= 0.6 is 0 Å². The van der Waals surface area contributed by atoms with Crippen LogP contribution in [0.15, 0.2) is 52.2 Å². The molecule has 3 rings (SSSR count). The van der Waals surface area contributed by atoms with Crippen molar-refractivity contribution in [3.63, 3.8) is 0 Å². The number of hydrogen-bond acceptors (Lipinski definition) is 4. The van der Waals surface area contributed by atoms with Gasteiger partial charge in [0.15, 0.2) is 0 Å². The quantitative estimate of drug-likeness (QED) is 0.701. The van der Waals surface area contributed by atoms with Gasteiger partial charge in [0.1, 0.15) is 5.75 Å². The Hall–Kier alpha value is -2.58. The Balaban J connectivity index is 1.92. The number of rotatable bonds is 6. The van der Waals surface area contributed by atoms with E-state index in [0.29, 0.717) is 23.4 Å². The molecule has 2 aromatic carbocycles. The molecule has 7 nitrogen and oxygen atoms in total. The molecule has 27 heavy (non-hydrogen) atoms. The van der Waals surface area contributed by atoms with E-state index in [2.05, 4.69) is 4.72 Å². The van der Waals surface area contributed by atoms with Crippen LogP contribution in [0.3, 0.4) is 0 Å². The maximum absolute atomic E-state index is 12.8. The van der Waals surface area contributed by atoms with Gasteiger partial charge in [0, 0.05) is 20.1 Å². The average molecular weight is 389 g/mol. The molecule has 1 atom stereocenters. The second kappa shape index (κ2) is 7.21. The zero-order valence-corrected chi connectivity index (χ0v) is 16.6. The molecule has 0 amide bonds. The summed E-state index contributed by atoms with van der Waals surface area (Å²) < 4.78 is 36.8. The summed E-state index contributed by atoms with van der Waals surface area (Å²) in [4.78, 5) is 12.2. The fourth-order valence-electron chi connectivity index (χ4n) is 3.06. The van der Waals surface area contributed by atoms with Gasteiger partial charge in [0.05, 0.1) is 22.5 Å². The molecule has 1 N–H and O–H groups in total. The minimum absolute atomic E-state index is 0.115. The fourth-order valence-corrected chi connectivity index (χ4v) is 4.31. The summed E-state index contributed by atoms with van der Waals surface area (Å²) in [5.41, 5.74) is 1.85. The summed E-state index contributed by atoms with van der Waals surface area (Å²) in [5.74, 6) is 0.696. The molecule has 0 aliphatic carbocycles. The zero-order valence-electron chi connectivity index (χ0n) is 15.8.